The van der Waals surface area contributed by atoms with Crippen molar-refractivity contribution in [3.63, 3.8) is 0 Å². The van der Waals surface area contributed by atoms with E-state index in [1.807, 2.05) is 30.3 Å². The summed E-state index contributed by atoms with van der Waals surface area (Å²) in [5.74, 6) is 0.548. The van der Waals surface area contributed by atoms with Crippen LogP contribution in [0.25, 0.3) is 5.57 Å². The molecule has 2 heteroatoms. The van der Waals surface area contributed by atoms with E-state index in [0.717, 1.165) is 28.9 Å². The number of ether oxygens (including phenoxy) is 1. The molecular weight excluding hydrogens is 212 g/mol. The molecule has 0 amide bonds. The first-order valence-corrected chi connectivity index (χ1v) is 5.81. The number of carbonyl (C=O) groups is 1. The van der Waals surface area contributed by atoms with Crippen LogP contribution in [0, 0.1) is 5.41 Å². The highest BCUT2D eigenvalue weighted by atomic mass is 16.5. The van der Waals surface area contributed by atoms with Crippen LogP contribution in [0.5, 0.6) is 0 Å². The highest BCUT2D eigenvalue weighted by Gasteiger charge is 2.39. The maximum atomic E-state index is 11.9. The Hall–Kier alpha value is -1.83. The van der Waals surface area contributed by atoms with E-state index in [1.54, 1.807) is 0 Å². The lowest BCUT2D eigenvalue weighted by molar-refractivity contribution is -0.131. The first-order chi connectivity index (χ1) is 8.07. The zero-order valence-corrected chi connectivity index (χ0v) is 9.99. The Morgan fingerprint density at radius 2 is 1.88 bits per heavy atom. The molecule has 1 aromatic carbocycles. The highest BCUT2D eigenvalue weighted by Crippen LogP contribution is 2.47. The van der Waals surface area contributed by atoms with Gasteiger partial charge in [-0.3, -0.25) is 0 Å². The summed E-state index contributed by atoms with van der Waals surface area (Å²) in [6.45, 7) is 4.31. The fourth-order valence-electron chi connectivity index (χ4n) is 2.51. The molecule has 0 fully saturated rings. The van der Waals surface area contributed by atoms with E-state index in [2.05, 4.69) is 19.9 Å². The Morgan fingerprint density at radius 1 is 1.18 bits per heavy atom. The van der Waals surface area contributed by atoms with Gasteiger partial charge in [0.1, 0.15) is 5.76 Å². The Bertz CT molecular complexity index is 548. The minimum atomic E-state index is -0.215. The monoisotopic (exact) mass is 226 g/mol. The minimum absolute atomic E-state index is 0.0887. The van der Waals surface area contributed by atoms with Gasteiger partial charge in [-0.25, -0.2) is 4.79 Å². The van der Waals surface area contributed by atoms with Gasteiger partial charge < -0.3 is 4.74 Å². The van der Waals surface area contributed by atoms with Crippen molar-refractivity contribution in [2.45, 2.75) is 20.3 Å². The first kappa shape index (κ1) is 10.3. The molecule has 1 aliphatic heterocycles. The van der Waals surface area contributed by atoms with E-state index in [0.29, 0.717) is 0 Å². The predicted octanol–water partition coefficient (Wildman–Crippen LogP) is 3.31. The fraction of sp³-hybridized carbons (Fsp3) is 0.267. The van der Waals surface area contributed by atoms with Crippen LogP contribution in [0.3, 0.4) is 0 Å². The second-order valence-electron chi connectivity index (χ2n) is 5.28. The summed E-state index contributed by atoms with van der Waals surface area (Å²) in [6, 6.07) is 9.75. The maximum Gasteiger partial charge on any atom is 0.344 e. The van der Waals surface area contributed by atoms with Crippen molar-refractivity contribution in [3.8, 4) is 0 Å². The molecular formula is C15H14O2. The lowest BCUT2D eigenvalue weighted by Gasteiger charge is -2.13. The molecule has 2 aliphatic rings. The SMILES string of the molecule is CC1(C)C=C2OC(=O)C(c3ccccc3)=C2C1. The molecule has 0 spiro atoms. The normalized spacial score (nSPS) is 21.3. The summed E-state index contributed by atoms with van der Waals surface area (Å²) in [7, 11) is 0. The van der Waals surface area contributed by atoms with Crippen LogP contribution in [0.2, 0.25) is 0 Å². The van der Waals surface area contributed by atoms with Crippen LogP contribution in [0.1, 0.15) is 25.8 Å². The molecule has 0 aromatic heterocycles. The van der Waals surface area contributed by atoms with Gasteiger partial charge in [-0.1, -0.05) is 44.2 Å². The van der Waals surface area contributed by atoms with Crippen molar-refractivity contribution >= 4 is 11.5 Å². The van der Waals surface area contributed by atoms with Crippen LogP contribution in [-0.4, -0.2) is 5.97 Å². The predicted molar refractivity (Wildman–Crippen MR) is 65.9 cm³/mol. The second kappa shape index (κ2) is 3.33. The van der Waals surface area contributed by atoms with E-state index in [-0.39, 0.29) is 11.4 Å². The van der Waals surface area contributed by atoms with Gasteiger partial charge in [0.05, 0.1) is 5.57 Å². The lowest BCUT2D eigenvalue weighted by Crippen LogP contribution is -2.05. The van der Waals surface area contributed by atoms with Gasteiger partial charge in [0.15, 0.2) is 0 Å². The Labute approximate surface area is 101 Å². The van der Waals surface area contributed by atoms with Gasteiger partial charge in [-0.15, -0.1) is 0 Å². The van der Waals surface area contributed by atoms with Gasteiger partial charge >= 0.3 is 5.97 Å². The zero-order chi connectivity index (χ0) is 12.0. The smallest absolute Gasteiger partial charge is 0.344 e. The van der Waals surface area contributed by atoms with E-state index in [9.17, 15) is 4.79 Å². The van der Waals surface area contributed by atoms with E-state index >= 15 is 0 Å². The van der Waals surface area contributed by atoms with Crippen molar-refractivity contribution < 1.29 is 9.53 Å². The molecule has 2 nitrogen and oxygen atoms in total. The minimum Gasteiger partial charge on any atom is -0.423 e. The van der Waals surface area contributed by atoms with Gasteiger partial charge in [0.25, 0.3) is 0 Å². The topological polar surface area (TPSA) is 26.3 Å². The Balaban J connectivity index is 2.14. The van der Waals surface area contributed by atoms with E-state index < -0.39 is 0 Å². The number of hydrogen-bond donors (Lipinski definition) is 0. The molecule has 0 N–H and O–H groups in total. The van der Waals surface area contributed by atoms with Gasteiger partial charge in [-0.05, 0) is 23.5 Å². The summed E-state index contributed by atoms with van der Waals surface area (Å²) in [4.78, 5) is 11.9. The summed E-state index contributed by atoms with van der Waals surface area (Å²) in [5, 5.41) is 0. The summed E-state index contributed by atoms with van der Waals surface area (Å²) < 4.78 is 5.34. The van der Waals surface area contributed by atoms with Crippen molar-refractivity contribution in [1.29, 1.82) is 0 Å². The summed E-state index contributed by atoms with van der Waals surface area (Å²) >= 11 is 0. The molecule has 0 saturated heterocycles. The summed E-state index contributed by atoms with van der Waals surface area (Å²) in [6.07, 6.45) is 2.93. The van der Waals surface area contributed by atoms with Crippen molar-refractivity contribution in [2.75, 3.05) is 0 Å². The molecule has 0 unspecified atom stereocenters. The summed E-state index contributed by atoms with van der Waals surface area (Å²) in [5.41, 5.74) is 2.84. The third-order valence-corrected chi connectivity index (χ3v) is 3.22. The molecule has 0 bridgehead atoms. The molecule has 1 heterocycles. The van der Waals surface area contributed by atoms with Crippen molar-refractivity contribution in [2.24, 2.45) is 5.41 Å². The van der Waals surface area contributed by atoms with Crippen LogP contribution >= 0.6 is 0 Å². The van der Waals surface area contributed by atoms with Gasteiger partial charge in [0, 0.05) is 5.57 Å². The molecule has 1 aliphatic carbocycles. The molecule has 1 aromatic rings. The lowest BCUT2D eigenvalue weighted by atomic mass is 9.90. The average molecular weight is 226 g/mol. The molecule has 0 atom stereocenters. The molecule has 86 valence electrons. The Kier molecular flexibility index (Phi) is 2.02. The van der Waals surface area contributed by atoms with E-state index in [4.69, 9.17) is 4.74 Å². The van der Waals surface area contributed by atoms with Crippen LogP contribution in [0.15, 0.2) is 47.7 Å². The molecule has 3 rings (SSSR count). The average Bonchev–Trinajstić information content (AvgIpc) is 2.69. The number of allylic oxidation sites excluding steroid dienone is 2. The quantitative estimate of drug-likeness (QED) is 0.687. The van der Waals surface area contributed by atoms with Crippen molar-refractivity contribution in [3.05, 3.63) is 53.3 Å². The third kappa shape index (κ3) is 1.60. The number of rotatable bonds is 1. The number of benzene rings is 1. The van der Waals surface area contributed by atoms with Gasteiger partial charge in [0.2, 0.25) is 0 Å². The van der Waals surface area contributed by atoms with Crippen LogP contribution < -0.4 is 0 Å². The van der Waals surface area contributed by atoms with E-state index in [1.165, 1.54) is 0 Å². The standard InChI is InChI=1S/C15H14O2/c1-15(2)8-11-12(9-15)17-14(16)13(11)10-6-4-3-5-7-10/h3-7,9H,8H2,1-2H3. The van der Waals surface area contributed by atoms with Crippen LogP contribution in [-0.2, 0) is 9.53 Å². The maximum absolute atomic E-state index is 11.9. The second-order valence-corrected chi connectivity index (χ2v) is 5.28. The molecule has 17 heavy (non-hydrogen) atoms. The Morgan fingerprint density at radius 3 is 2.59 bits per heavy atom. The fourth-order valence-corrected chi connectivity index (χ4v) is 2.51. The number of hydrogen-bond acceptors (Lipinski definition) is 2. The molecule has 0 radical (unpaired) electrons. The zero-order valence-electron chi connectivity index (χ0n) is 9.99. The van der Waals surface area contributed by atoms with Crippen LogP contribution in [0.4, 0.5) is 0 Å². The van der Waals surface area contributed by atoms with Gasteiger partial charge in [-0.2, -0.15) is 0 Å². The first-order valence-electron chi connectivity index (χ1n) is 5.81. The number of carbonyl (C=O) groups excluding carboxylic acids is 1. The number of fused-ring (bicyclic) bond motifs is 1. The highest BCUT2D eigenvalue weighted by molar-refractivity contribution is 6.21. The third-order valence-electron chi connectivity index (χ3n) is 3.22. The molecule has 0 saturated carbocycles. The van der Waals surface area contributed by atoms with Crippen molar-refractivity contribution in [1.82, 2.24) is 0 Å². The largest absolute Gasteiger partial charge is 0.423 e. The number of esters is 1.